The zero-order valence-corrected chi connectivity index (χ0v) is 21.7. The molecule has 5 fully saturated rings. The molecule has 10 unspecified atom stereocenters. The molecule has 176 valence electrons. The first-order chi connectivity index (χ1) is 14.5. The molecule has 5 rings (SSSR count). The lowest BCUT2D eigenvalue weighted by atomic mass is 9.43. The fraction of sp³-hybridized carbons (Fsp3) is 0.967. The lowest BCUT2D eigenvalue weighted by Gasteiger charge is -2.61. The van der Waals surface area contributed by atoms with Gasteiger partial charge < -0.3 is 0 Å². The predicted octanol–water partition coefficient (Wildman–Crippen LogP) is 8.31. The van der Waals surface area contributed by atoms with E-state index < -0.39 is 0 Å². The van der Waals surface area contributed by atoms with E-state index in [1.54, 1.807) is 0 Å². The number of carbonyl (C=O) groups excluding carboxylic acids is 1. The molecule has 0 heterocycles. The zero-order chi connectivity index (χ0) is 22.4. The van der Waals surface area contributed by atoms with Gasteiger partial charge in [-0.3, -0.25) is 4.79 Å². The van der Waals surface area contributed by atoms with Crippen molar-refractivity contribution >= 4 is 5.78 Å². The topological polar surface area (TPSA) is 17.1 Å². The van der Waals surface area contributed by atoms with Crippen LogP contribution in [0.2, 0.25) is 0 Å². The highest BCUT2D eigenvalue weighted by Gasteiger charge is 2.81. The quantitative estimate of drug-likeness (QED) is 0.432. The van der Waals surface area contributed by atoms with E-state index in [2.05, 4.69) is 48.5 Å². The Labute approximate surface area is 192 Å². The number of fused-ring (bicyclic) bond motifs is 2. The minimum Gasteiger partial charge on any atom is -0.299 e. The summed E-state index contributed by atoms with van der Waals surface area (Å²) in [4.78, 5) is 12.5. The number of ketones is 1. The Balaban J connectivity index is 1.37. The highest BCUT2D eigenvalue weighted by molar-refractivity contribution is 5.82. The first-order valence-electron chi connectivity index (χ1n) is 14.1. The van der Waals surface area contributed by atoms with Gasteiger partial charge in [0.2, 0.25) is 0 Å². The maximum atomic E-state index is 12.5. The number of rotatable bonds is 5. The van der Waals surface area contributed by atoms with E-state index in [9.17, 15) is 4.79 Å². The van der Waals surface area contributed by atoms with Crippen LogP contribution in [0.5, 0.6) is 0 Å². The van der Waals surface area contributed by atoms with E-state index in [1.165, 1.54) is 64.2 Å². The Morgan fingerprint density at radius 3 is 2.32 bits per heavy atom. The molecule has 10 atom stereocenters. The van der Waals surface area contributed by atoms with Gasteiger partial charge in [-0.05, 0) is 109 Å². The van der Waals surface area contributed by atoms with Crippen LogP contribution in [-0.4, -0.2) is 5.78 Å². The van der Waals surface area contributed by atoms with Crippen LogP contribution in [-0.2, 0) is 4.79 Å². The van der Waals surface area contributed by atoms with Gasteiger partial charge in [-0.1, -0.05) is 61.3 Å². The van der Waals surface area contributed by atoms with E-state index in [0.717, 1.165) is 36.0 Å². The van der Waals surface area contributed by atoms with Crippen LogP contribution in [0.15, 0.2) is 0 Å². The molecule has 1 heteroatoms. The third-order valence-electron chi connectivity index (χ3n) is 13.4. The summed E-state index contributed by atoms with van der Waals surface area (Å²) in [6.07, 6.45) is 15.1. The molecule has 0 aromatic heterocycles. The fourth-order valence-corrected chi connectivity index (χ4v) is 10.9. The molecule has 0 saturated heterocycles. The van der Waals surface area contributed by atoms with Crippen molar-refractivity contribution in [3.05, 3.63) is 0 Å². The summed E-state index contributed by atoms with van der Waals surface area (Å²) in [5.74, 6) is 6.04. The van der Waals surface area contributed by atoms with Crippen molar-refractivity contribution in [1.29, 1.82) is 0 Å². The molecule has 0 aromatic rings. The van der Waals surface area contributed by atoms with Crippen LogP contribution in [0.3, 0.4) is 0 Å². The average molecular weight is 427 g/mol. The van der Waals surface area contributed by atoms with Crippen molar-refractivity contribution < 1.29 is 4.79 Å². The van der Waals surface area contributed by atoms with Crippen LogP contribution in [0, 0.1) is 63.1 Å². The summed E-state index contributed by atoms with van der Waals surface area (Å²) in [7, 11) is 0. The molecule has 31 heavy (non-hydrogen) atoms. The number of hydrogen-bond donors (Lipinski definition) is 0. The largest absolute Gasteiger partial charge is 0.299 e. The van der Waals surface area contributed by atoms with Crippen molar-refractivity contribution in [3.8, 4) is 0 Å². The van der Waals surface area contributed by atoms with Gasteiger partial charge in [0.25, 0.3) is 0 Å². The Hall–Kier alpha value is -0.330. The molecule has 0 bridgehead atoms. The van der Waals surface area contributed by atoms with Crippen molar-refractivity contribution in [2.45, 2.75) is 119 Å². The average Bonchev–Trinajstić information content (AvgIpc) is 3.31. The second kappa shape index (κ2) is 7.09. The molecule has 0 N–H and O–H groups in total. The first kappa shape index (κ1) is 22.5. The van der Waals surface area contributed by atoms with E-state index >= 15 is 0 Å². The lowest BCUT2D eigenvalue weighted by Crippen LogP contribution is -2.55. The van der Waals surface area contributed by atoms with E-state index in [4.69, 9.17) is 0 Å². The van der Waals surface area contributed by atoms with Crippen molar-refractivity contribution in [2.24, 2.45) is 63.1 Å². The third kappa shape index (κ3) is 2.76. The van der Waals surface area contributed by atoms with Crippen LogP contribution in [0.4, 0.5) is 0 Å². The van der Waals surface area contributed by atoms with Gasteiger partial charge in [-0.2, -0.15) is 0 Å². The van der Waals surface area contributed by atoms with Gasteiger partial charge >= 0.3 is 0 Å². The van der Waals surface area contributed by atoms with Gasteiger partial charge in [0.05, 0.1) is 0 Å². The molecule has 1 nitrogen and oxygen atoms in total. The Morgan fingerprint density at radius 2 is 1.61 bits per heavy atom. The predicted molar refractivity (Wildman–Crippen MR) is 130 cm³/mol. The standard InChI is InChI=1S/C30H50O/c1-19(2)20(3)8-9-21(4)23-12-14-28(7)26-11-10-24-22(5)25(31)13-15-29(24)18-30(26,29)17-16-27(23,28)6/h19-24,26H,8-18H2,1-7H3. The summed E-state index contributed by atoms with van der Waals surface area (Å²) in [5, 5.41) is 0. The van der Waals surface area contributed by atoms with Crippen molar-refractivity contribution in [3.63, 3.8) is 0 Å². The number of carbonyl (C=O) groups is 1. The Morgan fingerprint density at radius 1 is 0.871 bits per heavy atom. The second-order valence-corrected chi connectivity index (χ2v) is 14.2. The maximum Gasteiger partial charge on any atom is 0.136 e. The molecule has 5 aliphatic carbocycles. The summed E-state index contributed by atoms with van der Waals surface area (Å²) in [6, 6.07) is 0. The number of hydrogen-bond acceptors (Lipinski definition) is 1. The highest BCUT2D eigenvalue weighted by atomic mass is 16.1. The maximum absolute atomic E-state index is 12.5. The molecule has 5 saturated carbocycles. The molecule has 0 aromatic carbocycles. The van der Waals surface area contributed by atoms with Gasteiger partial charge in [-0.25, -0.2) is 0 Å². The van der Waals surface area contributed by atoms with E-state index in [-0.39, 0.29) is 0 Å². The second-order valence-electron chi connectivity index (χ2n) is 14.2. The van der Waals surface area contributed by atoms with Crippen molar-refractivity contribution in [1.82, 2.24) is 0 Å². The zero-order valence-electron chi connectivity index (χ0n) is 21.7. The van der Waals surface area contributed by atoms with Gasteiger partial charge in [-0.15, -0.1) is 0 Å². The van der Waals surface area contributed by atoms with E-state index in [1.807, 2.05) is 0 Å². The summed E-state index contributed by atoms with van der Waals surface area (Å²) in [5.41, 5.74) is 2.25. The first-order valence-corrected chi connectivity index (χ1v) is 14.1. The summed E-state index contributed by atoms with van der Waals surface area (Å²) >= 11 is 0. The SMILES string of the molecule is CC(C)C(C)CCC(C)C1CCC2(C)C3CCC4C(C)C(=O)CCC45CC35CCC12C. The highest BCUT2D eigenvalue weighted by Crippen LogP contribution is 2.88. The van der Waals surface area contributed by atoms with Gasteiger partial charge in [0, 0.05) is 12.3 Å². The van der Waals surface area contributed by atoms with Gasteiger partial charge in [0.15, 0.2) is 0 Å². The normalized spacial score (nSPS) is 52.7. The minimum atomic E-state index is 0.342. The smallest absolute Gasteiger partial charge is 0.136 e. The lowest BCUT2D eigenvalue weighted by molar-refractivity contribution is -0.146. The Kier molecular flexibility index (Phi) is 5.13. The van der Waals surface area contributed by atoms with Crippen LogP contribution in [0.25, 0.3) is 0 Å². The third-order valence-corrected chi connectivity index (χ3v) is 13.4. The van der Waals surface area contributed by atoms with Gasteiger partial charge in [0.1, 0.15) is 5.78 Å². The molecular formula is C30H50O. The van der Waals surface area contributed by atoms with Crippen LogP contribution in [0.1, 0.15) is 119 Å². The molecule has 5 aliphatic rings. The Bertz CT molecular complexity index is 739. The summed E-state index contributed by atoms with van der Waals surface area (Å²) in [6.45, 7) is 17.6. The molecule has 0 aliphatic heterocycles. The fourth-order valence-electron chi connectivity index (χ4n) is 10.9. The molecule has 0 radical (unpaired) electrons. The summed E-state index contributed by atoms with van der Waals surface area (Å²) < 4.78 is 0. The minimum absolute atomic E-state index is 0.342. The van der Waals surface area contributed by atoms with E-state index in [0.29, 0.717) is 39.3 Å². The molecule has 0 amide bonds. The monoisotopic (exact) mass is 426 g/mol. The number of Topliss-reactive ketones (excluding diaryl/α,β-unsaturated/α-hetero) is 1. The van der Waals surface area contributed by atoms with Crippen LogP contribution >= 0.6 is 0 Å². The van der Waals surface area contributed by atoms with Crippen molar-refractivity contribution in [2.75, 3.05) is 0 Å². The van der Waals surface area contributed by atoms with Crippen LogP contribution < -0.4 is 0 Å². The molecule has 2 spiro atoms. The molecular weight excluding hydrogens is 376 g/mol.